The molecule has 0 fully saturated rings. The van der Waals surface area contributed by atoms with E-state index in [0.717, 1.165) is 0 Å². The molecule has 0 spiro atoms. The molecule has 0 radical (unpaired) electrons. The van der Waals surface area contributed by atoms with E-state index in [2.05, 4.69) is 15.0 Å². The van der Waals surface area contributed by atoms with E-state index in [0.29, 0.717) is 23.3 Å². The molecule has 2 heterocycles. The van der Waals surface area contributed by atoms with Crippen molar-refractivity contribution in [1.29, 1.82) is 0 Å². The normalized spacial score (nSPS) is 13.2. The Labute approximate surface area is 137 Å². The van der Waals surface area contributed by atoms with Gasteiger partial charge in [0, 0.05) is 6.54 Å². The molecule has 2 aromatic heterocycles. The first-order valence-corrected chi connectivity index (χ1v) is 8.78. The number of aromatic nitrogens is 4. The van der Waals surface area contributed by atoms with Gasteiger partial charge in [0.05, 0.1) is 12.9 Å². The molecule has 0 saturated heterocycles. The molecule has 3 rings (SSSR count). The summed E-state index contributed by atoms with van der Waals surface area (Å²) < 4.78 is 18.8. The second-order valence-corrected chi connectivity index (χ2v) is 6.74. The van der Waals surface area contributed by atoms with Gasteiger partial charge in [-0.25, -0.2) is 15.0 Å². The van der Waals surface area contributed by atoms with Crippen LogP contribution in [0.25, 0.3) is 11.2 Å². The van der Waals surface area contributed by atoms with Crippen molar-refractivity contribution in [2.75, 3.05) is 12.3 Å². The van der Waals surface area contributed by atoms with Crippen LogP contribution in [0.4, 0.5) is 5.82 Å². The number of fused-ring (bicyclic) bond motifs is 1. The summed E-state index contributed by atoms with van der Waals surface area (Å²) in [6.07, 6.45) is 2.87. The first kappa shape index (κ1) is 16.5. The fraction of sp³-hybridized carbons (Fsp3) is 0.214. The van der Waals surface area contributed by atoms with Crippen molar-refractivity contribution in [2.24, 2.45) is 0 Å². The third-order valence-electron chi connectivity index (χ3n) is 3.43. The van der Waals surface area contributed by atoms with Gasteiger partial charge in [0.2, 0.25) is 0 Å². The third kappa shape index (κ3) is 3.44. The molecule has 126 valence electrons. The molecule has 1 unspecified atom stereocenters. The fourth-order valence-electron chi connectivity index (χ4n) is 2.33. The summed E-state index contributed by atoms with van der Waals surface area (Å²) in [4.78, 5) is 31.1. The van der Waals surface area contributed by atoms with Crippen LogP contribution in [-0.2, 0) is 15.8 Å². The average molecular weight is 349 g/mol. The molecule has 0 amide bonds. The van der Waals surface area contributed by atoms with E-state index in [9.17, 15) is 14.4 Å². The molecular formula is C14H16N5O4P. The second kappa shape index (κ2) is 6.66. The van der Waals surface area contributed by atoms with E-state index >= 15 is 0 Å². The summed E-state index contributed by atoms with van der Waals surface area (Å²) in [6, 6.07) is 8.39. The van der Waals surface area contributed by atoms with Gasteiger partial charge in [-0.05, 0) is 5.56 Å². The van der Waals surface area contributed by atoms with Crippen molar-refractivity contribution < 1.29 is 19.1 Å². The zero-order valence-corrected chi connectivity index (χ0v) is 13.5. The van der Waals surface area contributed by atoms with Crippen LogP contribution >= 0.6 is 7.60 Å². The van der Waals surface area contributed by atoms with E-state index in [-0.39, 0.29) is 12.4 Å². The van der Waals surface area contributed by atoms with Crippen LogP contribution in [0.15, 0.2) is 43.0 Å². The lowest BCUT2D eigenvalue weighted by Crippen LogP contribution is -2.11. The largest absolute Gasteiger partial charge is 0.382 e. The van der Waals surface area contributed by atoms with Gasteiger partial charge in [-0.2, -0.15) is 0 Å². The van der Waals surface area contributed by atoms with Crippen molar-refractivity contribution in [3.05, 3.63) is 48.5 Å². The summed E-state index contributed by atoms with van der Waals surface area (Å²) in [5.74, 6) is -1.04. The van der Waals surface area contributed by atoms with Crippen LogP contribution < -0.4 is 5.73 Å². The molecular weight excluding hydrogens is 333 g/mol. The number of rotatable bonds is 6. The zero-order valence-electron chi connectivity index (χ0n) is 12.6. The van der Waals surface area contributed by atoms with Gasteiger partial charge < -0.3 is 24.8 Å². The number of anilines is 1. The summed E-state index contributed by atoms with van der Waals surface area (Å²) in [6.45, 7) is 0.385. The highest BCUT2D eigenvalue weighted by Gasteiger charge is 2.31. The number of imidazole rings is 1. The van der Waals surface area contributed by atoms with Crippen molar-refractivity contribution in [2.45, 2.75) is 12.4 Å². The summed E-state index contributed by atoms with van der Waals surface area (Å²) in [7, 11) is -4.45. The lowest BCUT2D eigenvalue weighted by atomic mass is 10.2. The van der Waals surface area contributed by atoms with E-state index in [1.54, 1.807) is 34.9 Å². The molecule has 1 atom stereocenters. The maximum atomic E-state index is 11.7. The Morgan fingerprint density at radius 1 is 1.21 bits per heavy atom. The van der Waals surface area contributed by atoms with Crippen LogP contribution in [0.3, 0.4) is 0 Å². The monoisotopic (exact) mass is 349 g/mol. The van der Waals surface area contributed by atoms with E-state index in [1.807, 2.05) is 0 Å². The minimum Gasteiger partial charge on any atom is -0.382 e. The minimum absolute atomic E-state index is 0.0695. The molecule has 10 heteroatoms. The average Bonchev–Trinajstić information content (AvgIpc) is 2.96. The number of benzene rings is 1. The number of nitrogens with two attached hydrogens (primary N) is 1. The summed E-state index contributed by atoms with van der Waals surface area (Å²) >= 11 is 0. The third-order valence-corrected chi connectivity index (χ3v) is 4.49. The lowest BCUT2D eigenvalue weighted by molar-refractivity contribution is 0.0801. The second-order valence-electron chi connectivity index (χ2n) is 5.09. The number of ether oxygens (including phenoxy) is 1. The molecule has 0 bridgehead atoms. The highest BCUT2D eigenvalue weighted by atomic mass is 31.2. The van der Waals surface area contributed by atoms with Gasteiger partial charge in [0.15, 0.2) is 17.3 Å². The van der Waals surface area contributed by atoms with E-state index in [1.165, 1.54) is 12.7 Å². The highest BCUT2D eigenvalue weighted by molar-refractivity contribution is 7.52. The Hall–Kier alpha value is -2.32. The number of nitrogen functional groups attached to an aromatic ring is 1. The van der Waals surface area contributed by atoms with Gasteiger partial charge in [-0.3, -0.25) is 4.57 Å². The zero-order chi connectivity index (χ0) is 17.2. The molecule has 24 heavy (non-hydrogen) atoms. The Morgan fingerprint density at radius 3 is 2.67 bits per heavy atom. The Morgan fingerprint density at radius 2 is 1.96 bits per heavy atom. The smallest absolute Gasteiger partial charge is 0.358 e. The maximum absolute atomic E-state index is 11.7. The molecule has 4 N–H and O–H groups in total. The van der Waals surface area contributed by atoms with Crippen LogP contribution in [0, 0.1) is 0 Å². The van der Waals surface area contributed by atoms with Crippen LogP contribution in [0.5, 0.6) is 0 Å². The molecule has 9 nitrogen and oxygen atoms in total. The minimum atomic E-state index is -4.45. The standard InChI is InChI=1S/C14H16N5O4P/c15-12-11-13(17-8-16-12)19(9-18-11)6-7-23-14(24(20,21)22)10-4-2-1-3-5-10/h1-5,8-9,14H,6-7H2,(H2,15,16,17)(H2,20,21,22). The summed E-state index contributed by atoms with van der Waals surface area (Å²) in [5, 5.41) is 0. The molecule has 0 aliphatic carbocycles. The SMILES string of the molecule is Nc1ncnc2c1ncn2CCOC(c1ccccc1)P(=O)(O)O. The maximum Gasteiger partial charge on any atom is 0.358 e. The predicted octanol–water partition coefficient (Wildman–Crippen LogP) is 1.30. The molecule has 0 aliphatic heterocycles. The Balaban J connectivity index is 1.74. The van der Waals surface area contributed by atoms with Crippen molar-refractivity contribution in [3.8, 4) is 0 Å². The van der Waals surface area contributed by atoms with E-state index < -0.39 is 13.4 Å². The van der Waals surface area contributed by atoms with Crippen LogP contribution in [0.2, 0.25) is 0 Å². The fourth-order valence-corrected chi connectivity index (χ4v) is 3.19. The first-order valence-electron chi connectivity index (χ1n) is 7.10. The summed E-state index contributed by atoms with van der Waals surface area (Å²) in [5.41, 5.74) is 7.16. The number of hydrogen-bond donors (Lipinski definition) is 3. The highest BCUT2D eigenvalue weighted by Crippen LogP contribution is 2.52. The van der Waals surface area contributed by atoms with E-state index in [4.69, 9.17) is 10.5 Å². The predicted molar refractivity (Wildman–Crippen MR) is 86.9 cm³/mol. The Kier molecular flexibility index (Phi) is 4.59. The molecule has 0 aliphatic rings. The quantitative estimate of drug-likeness (QED) is 0.567. The number of hydrogen-bond acceptors (Lipinski definition) is 6. The first-order chi connectivity index (χ1) is 11.5. The van der Waals surface area contributed by atoms with Gasteiger partial charge >= 0.3 is 7.60 Å². The van der Waals surface area contributed by atoms with Crippen molar-refractivity contribution in [3.63, 3.8) is 0 Å². The Bertz CT molecular complexity index is 879. The molecule has 1 aromatic carbocycles. The molecule has 3 aromatic rings. The van der Waals surface area contributed by atoms with Crippen molar-refractivity contribution >= 4 is 24.6 Å². The van der Waals surface area contributed by atoms with Crippen LogP contribution in [0.1, 0.15) is 11.4 Å². The number of nitrogens with zero attached hydrogens (tertiary/aromatic N) is 4. The van der Waals surface area contributed by atoms with Gasteiger partial charge in [0.25, 0.3) is 0 Å². The van der Waals surface area contributed by atoms with Gasteiger partial charge in [-0.1, -0.05) is 30.3 Å². The van der Waals surface area contributed by atoms with Gasteiger partial charge in [-0.15, -0.1) is 0 Å². The van der Waals surface area contributed by atoms with Gasteiger partial charge in [0.1, 0.15) is 11.8 Å². The van der Waals surface area contributed by atoms with Crippen LogP contribution in [-0.4, -0.2) is 35.9 Å². The molecule has 0 saturated carbocycles. The van der Waals surface area contributed by atoms with Crippen molar-refractivity contribution in [1.82, 2.24) is 19.5 Å². The lowest BCUT2D eigenvalue weighted by Gasteiger charge is -2.19. The topological polar surface area (TPSA) is 136 Å².